The fourth-order valence-corrected chi connectivity index (χ4v) is 2.18. The van der Waals surface area contributed by atoms with Crippen LogP contribution < -0.4 is 11.1 Å². The lowest BCUT2D eigenvalue weighted by Crippen LogP contribution is -2.29. The van der Waals surface area contributed by atoms with Gasteiger partial charge in [-0.2, -0.15) is 0 Å². The Balaban J connectivity index is 2.09. The summed E-state index contributed by atoms with van der Waals surface area (Å²) in [6.45, 7) is 2.98. The van der Waals surface area contributed by atoms with Crippen molar-refractivity contribution in [3.8, 4) is 0 Å². The normalized spacial score (nSPS) is 17.0. The van der Waals surface area contributed by atoms with E-state index in [9.17, 15) is 4.79 Å². The largest absolute Gasteiger partial charge is 0.388 e. The third-order valence-corrected chi connectivity index (χ3v) is 3.12. The van der Waals surface area contributed by atoms with Crippen LogP contribution in [0, 0.1) is 0 Å². The number of hydrogen-bond acceptors (Lipinski definition) is 4. The molecule has 1 fully saturated rings. The summed E-state index contributed by atoms with van der Waals surface area (Å²) in [5.74, 6) is 0.109. The molecule has 2 heterocycles. The van der Waals surface area contributed by atoms with Crippen LogP contribution in [0.1, 0.15) is 17.7 Å². The SMILES string of the molecule is NC(=S)c1ncccc1CN1CCNC(=O)CC1. The van der Waals surface area contributed by atoms with Gasteiger partial charge in [0.15, 0.2) is 0 Å². The number of carbonyl (C=O) groups is 1. The Bertz CT molecular complexity index is 463. The average Bonchev–Trinajstić information content (AvgIpc) is 2.55. The van der Waals surface area contributed by atoms with Crippen molar-refractivity contribution in [2.75, 3.05) is 19.6 Å². The highest BCUT2D eigenvalue weighted by Gasteiger charge is 2.15. The highest BCUT2D eigenvalue weighted by atomic mass is 32.1. The molecule has 18 heavy (non-hydrogen) atoms. The zero-order chi connectivity index (χ0) is 13.0. The minimum absolute atomic E-state index is 0.109. The van der Waals surface area contributed by atoms with E-state index in [2.05, 4.69) is 15.2 Å². The van der Waals surface area contributed by atoms with Crippen molar-refractivity contribution >= 4 is 23.1 Å². The number of rotatable bonds is 3. The van der Waals surface area contributed by atoms with Gasteiger partial charge in [-0.25, -0.2) is 0 Å². The molecule has 0 saturated carbocycles. The molecule has 1 saturated heterocycles. The third-order valence-electron chi connectivity index (χ3n) is 2.92. The molecule has 1 aromatic rings. The van der Waals surface area contributed by atoms with Crippen molar-refractivity contribution in [1.29, 1.82) is 0 Å². The van der Waals surface area contributed by atoms with E-state index in [1.165, 1.54) is 0 Å². The molecule has 6 heteroatoms. The van der Waals surface area contributed by atoms with Crippen LogP contribution >= 0.6 is 12.2 Å². The van der Waals surface area contributed by atoms with Gasteiger partial charge >= 0.3 is 0 Å². The van der Waals surface area contributed by atoms with Crippen LogP contribution in [0.4, 0.5) is 0 Å². The number of nitrogens with one attached hydrogen (secondary N) is 1. The Morgan fingerprint density at radius 2 is 2.39 bits per heavy atom. The van der Waals surface area contributed by atoms with Gasteiger partial charge in [-0.1, -0.05) is 18.3 Å². The first-order chi connectivity index (χ1) is 8.66. The summed E-state index contributed by atoms with van der Waals surface area (Å²) in [7, 11) is 0. The molecule has 0 bridgehead atoms. The van der Waals surface area contributed by atoms with Crippen molar-refractivity contribution in [3.05, 3.63) is 29.6 Å². The van der Waals surface area contributed by atoms with E-state index in [0.29, 0.717) is 23.6 Å². The monoisotopic (exact) mass is 264 g/mol. The van der Waals surface area contributed by atoms with E-state index in [0.717, 1.165) is 25.2 Å². The number of nitrogens with zero attached hydrogens (tertiary/aromatic N) is 2. The van der Waals surface area contributed by atoms with Crippen LogP contribution in [0.5, 0.6) is 0 Å². The Morgan fingerprint density at radius 1 is 1.56 bits per heavy atom. The van der Waals surface area contributed by atoms with Gasteiger partial charge in [0, 0.05) is 38.8 Å². The van der Waals surface area contributed by atoms with E-state index < -0.39 is 0 Å². The number of pyridine rings is 1. The number of nitrogens with two attached hydrogens (primary N) is 1. The predicted molar refractivity (Wildman–Crippen MR) is 73.0 cm³/mol. The smallest absolute Gasteiger partial charge is 0.221 e. The average molecular weight is 264 g/mol. The van der Waals surface area contributed by atoms with Crippen molar-refractivity contribution in [2.45, 2.75) is 13.0 Å². The van der Waals surface area contributed by atoms with E-state index >= 15 is 0 Å². The van der Waals surface area contributed by atoms with Gasteiger partial charge in [-0.15, -0.1) is 0 Å². The lowest BCUT2D eigenvalue weighted by molar-refractivity contribution is -0.120. The summed E-state index contributed by atoms with van der Waals surface area (Å²) in [6, 6.07) is 3.85. The highest BCUT2D eigenvalue weighted by Crippen LogP contribution is 2.10. The van der Waals surface area contributed by atoms with E-state index in [1.54, 1.807) is 6.20 Å². The Labute approximate surface area is 111 Å². The molecule has 3 N–H and O–H groups in total. The molecule has 1 amide bonds. The van der Waals surface area contributed by atoms with Crippen molar-refractivity contribution in [2.24, 2.45) is 5.73 Å². The van der Waals surface area contributed by atoms with Gasteiger partial charge in [0.2, 0.25) is 5.91 Å². The second-order valence-corrected chi connectivity index (χ2v) is 4.69. The number of carbonyl (C=O) groups excluding carboxylic acids is 1. The van der Waals surface area contributed by atoms with Crippen LogP contribution in [0.15, 0.2) is 18.3 Å². The number of amides is 1. The number of thiocarbonyl (C=S) groups is 1. The second kappa shape index (κ2) is 5.88. The molecule has 5 nitrogen and oxygen atoms in total. The van der Waals surface area contributed by atoms with E-state index in [1.807, 2.05) is 12.1 Å². The van der Waals surface area contributed by atoms with E-state index in [4.69, 9.17) is 18.0 Å². The van der Waals surface area contributed by atoms with Crippen molar-refractivity contribution < 1.29 is 4.79 Å². The maximum atomic E-state index is 11.3. The molecule has 1 aromatic heterocycles. The molecule has 0 aromatic carbocycles. The molecule has 0 atom stereocenters. The molecular formula is C12H16N4OS. The molecule has 1 aliphatic rings. The zero-order valence-electron chi connectivity index (χ0n) is 10.1. The quantitative estimate of drug-likeness (QED) is 0.754. The lowest BCUT2D eigenvalue weighted by Gasteiger charge is -2.20. The van der Waals surface area contributed by atoms with Crippen molar-refractivity contribution in [3.63, 3.8) is 0 Å². The minimum atomic E-state index is 0.109. The van der Waals surface area contributed by atoms with Crippen LogP contribution in [-0.2, 0) is 11.3 Å². The summed E-state index contributed by atoms with van der Waals surface area (Å²) in [4.78, 5) is 18.0. The van der Waals surface area contributed by atoms with Gasteiger partial charge in [0.05, 0.1) is 0 Å². The molecule has 1 aliphatic heterocycles. The molecular weight excluding hydrogens is 248 g/mol. The first-order valence-corrected chi connectivity index (χ1v) is 6.30. The highest BCUT2D eigenvalue weighted by molar-refractivity contribution is 7.80. The number of hydrogen-bond donors (Lipinski definition) is 2. The molecule has 0 radical (unpaired) electrons. The summed E-state index contributed by atoms with van der Waals surface area (Å²) in [5, 5.41) is 2.85. The standard InChI is InChI=1S/C12H16N4OS/c13-12(18)11-9(2-1-4-15-11)8-16-6-3-10(17)14-5-7-16/h1-2,4H,3,5-8H2,(H2,13,18)(H,14,17). The Kier molecular flexibility index (Phi) is 4.22. The second-order valence-electron chi connectivity index (χ2n) is 4.25. The fourth-order valence-electron chi connectivity index (χ4n) is 2.00. The Hall–Kier alpha value is -1.53. The van der Waals surface area contributed by atoms with Gasteiger partial charge in [-0.3, -0.25) is 14.7 Å². The van der Waals surface area contributed by atoms with Crippen LogP contribution in [0.3, 0.4) is 0 Å². The van der Waals surface area contributed by atoms with Crippen LogP contribution in [0.2, 0.25) is 0 Å². The van der Waals surface area contributed by atoms with Gasteiger partial charge in [-0.05, 0) is 11.6 Å². The summed E-state index contributed by atoms with van der Waals surface area (Å²) >= 11 is 4.99. The fraction of sp³-hybridized carbons (Fsp3) is 0.417. The minimum Gasteiger partial charge on any atom is -0.388 e. The summed E-state index contributed by atoms with van der Waals surface area (Å²) in [5.41, 5.74) is 7.35. The predicted octanol–water partition coefficient (Wildman–Crippen LogP) is 0.0377. The topological polar surface area (TPSA) is 71.2 Å². The lowest BCUT2D eigenvalue weighted by atomic mass is 10.1. The zero-order valence-corrected chi connectivity index (χ0v) is 10.9. The third kappa shape index (κ3) is 3.24. The molecule has 2 rings (SSSR count). The maximum Gasteiger partial charge on any atom is 0.221 e. The van der Waals surface area contributed by atoms with Gasteiger partial charge < -0.3 is 11.1 Å². The Morgan fingerprint density at radius 3 is 3.17 bits per heavy atom. The molecule has 96 valence electrons. The maximum absolute atomic E-state index is 11.3. The first-order valence-electron chi connectivity index (χ1n) is 5.89. The van der Waals surface area contributed by atoms with E-state index in [-0.39, 0.29) is 5.91 Å². The molecule has 0 unspecified atom stereocenters. The van der Waals surface area contributed by atoms with Gasteiger partial charge in [0.1, 0.15) is 10.7 Å². The van der Waals surface area contributed by atoms with Crippen molar-refractivity contribution in [1.82, 2.24) is 15.2 Å². The van der Waals surface area contributed by atoms with Crippen LogP contribution in [0.25, 0.3) is 0 Å². The number of aromatic nitrogens is 1. The van der Waals surface area contributed by atoms with Gasteiger partial charge in [0.25, 0.3) is 0 Å². The molecule has 0 aliphatic carbocycles. The first kappa shape index (κ1) is 12.9. The molecule has 0 spiro atoms. The summed E-state index contributed by atoms with van der Waals surface area (Å²) in [6.07, 6.45) is 2.22. The van der Waals surface area contributed by atoms with Crippen LogP contribution in [-0.4, -0.2) is 40.4 Å². The summed E-state index contributed by atoms with van der Waals surface area (Å²) < 4.78 is 0.